The molecule has 0 fully saturated rings. The van der Waals surface area contributed by atoms with E-state index in [4.69, 9.17) is 21.1 Å². The van der Waals surface area contributed by atoms with E-state index in [1.165, 1.54) is 12.0 Å². The molecule has 6 nitrogen and oxygen atoms in total. The van der Waals surface area contributed by atoms with Gasteiger partial charge in [0.15, 0.2) is 0 Å². The van der Waals surface area contributed by atoms with E-state index in [9.17, 15) is 9.59 Å². The highest BCUT2D eigenvalue weighted by atomic mass is 35.5. The highest BCUT2D eigenvalue weighted by Gasteiger charge is 2.38. The molecule has 1 aliphatic heterocycles. The van der Waals surface area contributed by atoms with Crippen LogP contribution in [0.15, 0.2) is 48.2 Å². The summed E-state index contributed by atoms with van der Waals surface area (Å²) in [5, 5.41) is 3.62. The number of nitrogens with one attached hydrogen (secondary N) is 1. The zero-order valence-electron chi connectivity index (χ0n) is 15.2. The third-order valence-corrected chi connectivity index (χ3v) is 4.54. The van der Waals surface area contributed by atoms with Crippen LogP contribution in [0.5, 0.6) is 11.5 Å². The number of nitrogens with zero attached hydrogens (tertiary/aromatic N) is 1. The van der Waals surface area contributed by atoms with Gasteiger partial charge in [-0.15, -0.1) is 0 Å². The summed E-state index contributed by atoms with van der Waals surface area (Å²) in [4.78, 5) is 26.8. The van der Waals surface area contributed by atoms with Gasteiger partial charge in [-0.3, -0.25) is 14.5 Å². The van der Waals surface area contributed by atoms with E-state index in [1.807, 2.05) is 0 Å². The van der Waals surface area contributed by atoms with Gasteiger partial charge in [-0.1, -0.05) is 23.7 Å². The van der Waals surface area contributed by atoms with Crippen molar-refractivity contribution in [2.75, 3.05) is 26.1 Å². The summed E-state index contributed by atoms with van der Waals surface area (Å²) in [6.45, 7) is 2.03. The molecule has 0 aliphatic carbocycles. The van der Waals surface area contributed by atoms with Crippen LogP contribution in [0.4, 0.5) is 5.69 Å². The molecule has 3 rings (SSSR count). The molecule has 0 unspecified atom stereocenters. The first-order chi connectivity index (χ1) is 13.0. The van der Waals surface area contributed by atoms with E-state index in [0.29, 0.717) is 33.3 Å². The molecule has 0 saturated heterocycles. The lowest BCUT2D eigenvalue weighted by Gasteiger charge is -2.14. The lowest BCUT2D eigenvalue weighted by molar-refractivity contribution is -0.136. The third kappa shape index (κ3) is 3.48. The van der Waals surface area contributed by atoms with E-state index in [2.05, 4.69) is 5.32 Å². The fraction of sp³-hybridized carbons (Fsp3) is 0.200. The molecule has 140 valence electrons. The number of halogens is 1. The van der Waals surface area contributed by atoms with Crippen molar-refractivity contribution in [1.29, 1.82) is 0 Å². The van der Waals surface area contributed by atoms with Crippen molar-refractivity contribution in [1.82, 2.24) is 4.90 Å². The molecule has 7 heteroatoms. The van der Waals surface area contributed by atoms with Crippen molar-refractivity contribution in [3.05, 3.63) is 58.7 Å². The van der Waals surface area contributed by atoms with Crippen molar-refractivity contribution < 1.29 is 19.1 Å². The fourth-order valence-corrected chi connectivity index (χ4v) is 3.03. The standard InChI is InChI=1S/C20H19ClN2O4/c1-4-23-19(24)17(12-5-7-13(21)8-6-12)18(20(23)25)22-15-10-9-14(26-2)11-16(15)27-3/h5-11,22H,4H2,1-3H3. The molecule has 27 heavy (non-hydrogen) atoms. The second-order valence-electron chi connectivity index (χ2n) is 5.80. The molecule has 2 aromatic carbocycles. The Labute approximate surface area is 162 Å². The monoisotopic (exact) mass is 386 g/mol. The van der Waals surface area contributed by atoms with Gasteiger partial charge < -0.3 is 14.8 Å². The smallest absolute Gasteiger partial charge is 0.278 e. The Morgan fingerprint density at radius 1 is 1.00 bits per heavy atom. The number of rotatable bonds is 6. The van der Waals surface area contributed by atoms with Crippen LogP contribution in [0, 0.1) is 0 Å². The van der Waals surface area contributed by atoms with Crippen LogP contribution in [0.2, 0.25) is 5.02 Å². The van der Waals surface area contributed by atoms with Crippen molar-refractivity contribution in [3.63, 3.8) is 0 Å². The van der Waals surface area contributed by atoms with Gasteiger partial charge in [0.05, 0.1) is 25.5 Å². The minimum absolute atomic E-state index is 0.202. The normalized spacial score (nSPS) is 14.0. The molecule has 0 bridgehead atoms. The maximum Gasteiger partial charge on any atom is 0.278 e. The number of carbonyl (C=O) groups excluding carboxylic acids is 2. The topological polar surface area (TPSA) is 67.9 Å². The van der Waals surface area contributed by atoms with Crippen molar-refractivity contribution in [2.24, 2.45) is 0 Å². The molecular weight excluding hydrogens is 368 g/mol. The predicted molar refractivity (Wildman–Crippen MR) is 104 cm³/mol. The number of hydrogen-bond acceptors (Lipinski definition) is 5. The van der Waals surface area contributed by atoms with E-state index in [-0.39, 0.29) is 24.1 Å². The molecular formula is C20H19ClN2O4. The van der Waals surface area contributed by atoms with Crippen LogP contribution >= 0.6 is 11.6 Å². The SMILES string of the molecule is CCN1C(=O)C(Nc2ccc(OC)cc2OC)=C(c2ccc(Cl)cc2)C1=O. The number of hydrogen-bond donors (Lipinski definition) is 1. The van der Waals surface area contributed by atoms with Crippen LogP contribution in [-0.4, -0.2) is 37.5 Å². The minimum Gasteiger partial charge on any atom is -0.497 e. The maximum atomic E-state index is 12.8. The Morgan fingerprint density at radius 2 is 1.70 bits per heavy atom. The van der Waals surface area contributed by atoms with Crippen LogP contribution < -0.4 is 14.8 Å². The summed E-state index contributed by atoms with van der Waals surface area (Å²) < 4.78 is 10.6. The summed E-state index contributed by atoms with van der Waals surface area (Å²) in [6, 6.07) is 12.0. The van der Waals surface area contributed by atoms with Crippen LogP contribution in [0.3, 0.4) is 0 Å². The molecule has 0 saturated carbocycles. The first-order valence-electron chi connectivity index (χ1n) is 8.35. The number of amides is 2. The highest BCUT2D eigenvalue weighted by Crippen LogP contribution is 2.35. The molecule has 0 atom stereocenters. The van der Waals surface area contributed by atoms with E-state index >= 15 is 0 Å². The number of carbonyl (C=O) groups is 2. The molecule has 0 aromatic heterocycles. The molecule has 1 N–H and O–H groups in total. The van der Waals surface area contributed by atoms with Gasteiger partial charge in [0.1, 0.15) is 17.2 Å². The number of benzene rings is 2. The molecule has 2 amide bonds. The number of imide groups is 1. The van der Waals surface area contributed by atoms with Gasteiger partial charge in [-0.25, -0.2) is 0 Å². The number of likely N-dealkylation sites (N-methyl/N-ethyl adjacent to an activating group) is 1. The largest absolute Gasteiger partial charge is 0.497 e. The third-order valence-electron chi connectivity index (χ3n) is 4.29. The molecule has 1 aliphatic rings. The maximum absolute atomic E-state index is 12.8. The second-order valence-corrected chi connectivity index (χ2v) is 6.24. The van der Waals surface area contributed by atoms with E-state index < -0.39 is 0 Å². The first kappa shape index (κ1) is 18.8. The van der Waals surface area contributed by atoms with Gasteiger partial charge >= 0.3 is 0 Å². The molecule has 1 heterocycles. The molecule has 2 aromatic rings. The van der Waals surface area contributed by atoms with Crippen LogP contribution in [-0.2, 0) is 9.59 Å². The number of ether oxygens (including phenoxy) is 2. The lowest BCUT2D eigenvalue weighted by atomic mass is 10.0. The average Bonchev–Trinajstić information content (AvgIpc) is 2.92. The van der Waals surface area contributed by atoms with Gasteiger partial charge in [0, 0.05) is 17.6 Å². The quantitative estimate of drug-likeness (QED) is 0.769. The second kappa shape index (κ2) is 7.72. The Balaban J connectivity index is 2.09. The highest BCUT2D eigenvalue weighted by molar-refractivity contribution is 6.37. The van der Waals surface area contributed by atoms with Crippen LogP contribution in [0.1, 0.15) is 12.5 Å². The number of methoxy groups -OCH3 is 2. The minimum atomic E-state index is -0.384. The van der Waals surface area contributed by atoms with E-state index in [1.54, 1.807) is 56.5 Å². The van der Waals surface area contributed by atoms with Gasteiger partial charge in [-0.05, 0) is 36.8 Å². The van der Waals surface area contributed by atoms with Crippen molar-refractivity contribution >= 4 is 34.7 Å². The Kier molecular flexibility index (Phi) is 5.37. The van der Waals surface area contributed by atoms with Crippen molar-refractivity contribution in [2.45, 2.75) is 6.92 Å². The summed E-state index contributed by atoms with van der Waals surface area (Å²) in [5.74, 6) is 0.380. The van der Waals surface area contributed by atoms with Gasteiger partial charge in [0.2, 0.25) is 0 Å². The Bertz CT molecular complexity index is 922. The average molecular weight is 387 g/mol. The van der Waals surface area contributed by atoms with Gasteiger partial charge in [-0.2, -0.15) is 0 Å². The summed E-state index contributed by atoms with van der Waals surface area (Å²) in [6.07, 6.45) is 0. The summed E-state index contributed by atoms with van der Waals surface area (Å²) >= 11 is 5.95. The first-order valence-corrected chi connectivity index (χ1v) is 8.73. The molecule has 0 radical (unpaired) electrons. The Morgan fingerprint density at radius 3 is 2.30 bits per heavy atom. The van der Waals surface area contributed by atoms with Crippen molar-refractivity contribution in [3.8, 4) is 11.5 Å². The predicted octanol–water partition coefficient (Wildman–Crippen LogP) is 3.57. The zero-order chi connectivity index (χ0) is 19.6. The summed E-state index contributed by atoms with van der Waals surface area (Å²) in [5.41, 5.74) is 1.67. The van der Waals surface area contributed by atoms with Crippen LogP contribution in [0.25, 0.3) is 5.57 Å². The van der Waals surface area contributed by atoms with E-state index in [0.717, 1.165) is 0 Å². The Hall–Kier alpha value is -2.99. The fourth-order valence-electron chi connectivity index (χ4n) is 2.90. The number of anilines is 1. The molecule has 0 spiro atoms. The van der Waals surface area contributed by atoms with Gasteiger partial charge in [0.25, 0.3) is 11.8 Å². The summed E-state index contributed by atoms with van der Waals surface area (Å²) in [7, 11) is 3.08. The lowest BCUT2D eigenvalue weighted by Crippen LogP contribution is -2.32. The zero-order valence-corrected chi connectivity index (χ0v) is 16.0.